The molecule has 0 heterocycles. The van der Waals surface area contributed by atoms with Gasteiger partial charge < -0.3 is 15.2 Å². The quantitative estimate of drug-likeness (QED) is 0.878. The van der Waals surface area contributed by atoms with Gasteiger partial charge >= 0.3 is 6.18 Å². The number of hydrogen-bond acceptors (Lipinski definition) is 3. The van der Waals surface area contributed by atoms with Crippen molar-refractivity contribution < 1.29 is 23.0 Å². The molecule has 1 aliphatic rings. The Morgan fingerprint density at radius 3 is 2.67 bits per heavy atom. The molecule has 118 valence electrons. The van der Waals surface area contributed by atoms with E-state index in [0.717, 1.165) is 12.5 Å². The van der Waals surface area contributed by atoms with Gasteiger partial charge in [0.05, 0.1) is 11.7 Å². The summed E-state index contributed by atoms with van der Waals surface area (Å²) in [6.07, 6.45) is -3.78. The monoisotopic (exact) mass is 303 g/mol. The second kappa shape index (κ2) is 6.66. The number of benzene rings is 1. The van der Waals surface area contributed by atoms with Crippen LogP contribution in [0, 0.1) is 0 Å². The van der Waals surface area contributed by atoms with Crippen LogP contribution >= 0.6 is 0 Å². The normalized spacial score (nSPS) is 22.5. The molecule has 1 fully saturated rings. The summed E-state index contributed by atoms with van der Waals surface area (Å²) >= 11 is 0. The van der Waals surface area contributed by atoms with Crippen LogP contribution in [0.25, 0.3) is 0 Å². The van der Waals surface area contributed by atoms with Gasteiger partial charge in [0.1, 0.15) is 11.9 Å². The zero-order valence-corrected chi connectivity index (χ0v) is 11.9. The lowest BCUT2D eigenvalue weighted by molar-refractivity contribution is -0.139. The molecule has 0 bridgehead atoms. The van der Waals surface area contributed by atoms with E-state index in [1.165, 1.54) is 6.07 Å². The second-order valence-corrected chi connectivity index (χ2v) is 5.26. The van der Waals surface area contributed by atoms with E-state index in [1.54, 1.807) is 6.07 Å². The van der Waals surface area contributed by atoms with Crippen molar-refractivity contribution in [1.82, 2.24) is 5.32 Å². The van der Waals surface area contributed by atoms with Gasteiger partial charge in [-0.3, -0.25) is 0 Å². The predicted octanol–water partition coefficient (Wildman–Crippen LogP) is 3.11. The highest BCUT2D eigenvalue weighted by atomic mass is 19.4. The maximum Gasteiger partial charge on any atom is 0.419 e. The Hall–Kier alpha value is -1.27. The van der Waals surface area contributed by atoms with Gasteiger partial charge in [-0.25, -0.2) is 0 Å². The number of nitrogens with one attached hydrogen (secondary N) is 1. The molecule has 1 saturated carbocycles. The minimum absolute atomic E-state index is 0.200. The Labute approximate surface area is 122 Å². The number of aliphatic hydroxyl groups excluding tert-OH is 1. The van der Waals surface area contributed by atoms with E-state index < -0.39 is 23.9 Å². The number of halogens is 3. The van der Waals surface area contributed by atoms with Crippen molar-refractivity contribution in [3.63, 3.8) is 0 Å². The average molecular weight is 303 g/mol. The summed E-state index contributed by atoms with van der Waals surface area (Å²) in [5, 5.41) is 12.7. The maximum absolute atomic E-state index is 13.2. The Balaban J connectivity index is 2.22. The average Bonchev–Trinajstić information content (AvgIpc) is 2.82. The molecule has 3 nitrogen and oxygen atoms in total. The van der Waals surface area contributed by atoms with Crippen molar-refractivity contribution in [2.75, 3.05) is 6.54 Å². The summed E-state index contributed by atoms with van der Waals surface area (Å²) in [5.74, 6) is -0.200. The van der Waals surface area contributed by atoms with Crippen LogP contribution in [0.3, 0.4) is 0 Å². The molecule has 0 saturated heterocycles. The third-order valence-electron chi connectivity index (χ3n) is 3.62. The van der Waals surface area contributed by atoms with Crippen LogP contribution in [0.5, 0.6) is 5.75 Å². The highest BCUT2D eigenvalue weighted by Gasteiger charge is 2.36. The first kappa shape index (κ1) is 16.1. The zero-order valence-electron chi connectivity index (χ0n) is 11.9. The molecular weight excluding hydrogens is 283 g/mol. The van der Waals surface area contributed by atoms with E-state index in [4.69, 9.17) is 4.74 Å². The zero-order chi connectivity index (χ0) is 15.5. The fourth-order valence-electron chi connectivity index (χ4n) is 2.49. The first-order valence-corrected chi connectivity index (χ1v) is 7.17. The predicted molar refractivity (Wildman–Crippen MR) is 73.1 cm³/mol. The van der Waals surface area contributed by atoms with Crippen molar-refractivity contribution in [2.45, 2.75) is 51.1 Å². The molecule has 0 aromatic heterocycles. The summed E-state index contributed by atoms with van der Waals surface area (Å²) < 4.78 is 44.9. The standard InChI is InChI=1S/C15H20F3NO2/c1-2-19-9-10-6-7-13(11(8-10)15(16,17)18)21-14-5-3-4-12(14)20/h6-8,12,14,19-20H,2-5,9H2,1H3. The number of aliphatic hydroxyl groups is 1. The van der Waals surface area contributed by atoms with Crippen LogP contribution in [0.2, 0.25) is 0 Å². The maximum atomic E-state index is 13.2. The summed E-state index contributed by atoms with van der Waals surface area (Å²) in [6, 6.07) is 4.08. The summed E-state index contributed by atoms with van der Waals surface area (Å²) in [6.45, 7) is 2.96. The number of ether oxygens (including phenoxy) is 1. The Morgan fingerprint density at radius 1 is 1.33 bits per heavy atom. The molecule has 2 rings (SSSR count). The van der Waals surface area contributed by atoms with E-state index in [1.807, 2.05) is 6.92 Å². The van der Waals surface area contributed by atoms with Crippen molar-refractivity contribution in [2.24, 2.45) is 0 Å². The SMILES string of the molecule is CCNCc1ccc(OC2CCCC2O)c(C(F)(F)F)c1. The first-order chi connectivity index (χ1) is 9.91. The molecule has 1 aromatic rings. The molecule has 1 aliphatic carbocycles. The molecule has 2 N–H and O–H groups in total. The van der Waals surface area contributed by atoms with Crippen LogP contribution in [-0.4, -0.2) is 23.9 Å². The van der Waals surface area contributed by atoms with Gasteiger partial charge in [0.15, 0.2) is 0 Å². The van der Waals surface area contributed by atoms with E-state index in [9.17, 15) is 18.3 Å². The minimum Gasteiger partial charge on any atom is -0.487 e. The van der Waals surface area contributed by atoms with Crippen LogP contribution < -0.4 is 10.1 Å². The van der Waals surface area contributed by atoms with Gasteiger partial charge in [-0.05, 0) is 43.5 Å². The highest BCUT2D eigenvalue weighted by molar-refractivity contribution is 5.39. The van der Waals surface area contributed by atoms with Gasteiger partial charge in [0.25, 0.3) is 0 Å². The second-order valence-electron chi connectivity index (χ2n) is 5.26. The number of alkyl halides is 3. The summed E-state index contributed by atoms with van der Waals surface area (Å²) in [5.41, 5.74) is -0.222. The fraction of sp³-hybridized carbons (Fsp3) is 0.600. The molecule has 2 unspecified atom stereocenters. The fourth-order valence-corrected chi connectivity index (χ4v) is 2.49. The highest BCUT2D eigenvalue weighted by Crippen LogP contribution is 2.38. The van der Waals surface area contributed by atoms with E-state index in [-0.39, 0.29) is 5.75 Å². The van der Waals surface area contributed by atoms with Gasteiger partial charge in [-0.15, -0.1) is 0 Å². The summed E-state index contributed by atoms with van der Waals surface area (Å²) in [4.78, 5) is 0. The smallest absolute Gasteiger partial charge is 0.419 e. The Bertz CT molecular complexity index is 476. The van der Waals surface area contributed by atoms with Crippen molar-refractivity contribution in [3.8, 4) is 5.75 Å². The lowest BCUT2D eigenvalue weighted by Gasteiger charge is -2.21. The number of rotatable bonds is 5. The lowest BCUT2D eigenvalue weighted by Crippen LogP contribution is -2.27. The molecule has 0 aliphatic heterocycles. The van der Waals surface area contributed by atoms with Crippen LogP contribution in [0.4, 0.5) is 13.2 Å². The minimum atomic E-state index is -4.47. The van der Waals surface area contributed by atoms with Crippen molar-refractivity contribution in [3.05, 3.63) is 29.3 Å². The first-order valence-electron chi connectivity index (χ1n) is 7.17. The van der Waals surface area contributed by atoms with Crippen LogP contribution in [-0.2, 0) is 12.7 Å². The van der Waals surface area contributed by atoms with E-state index in [0.29, 0.717) is 31.5 Å². The van der Waals surface area contributed by atoms with E-state index in [2.05, 4.69) is 5.32 Å². The molecule has 0 spiro atoms. The molecular formula is C15H20F3NO2. The Kier molecular flexibility index (Phi) is 5.11. The van der Waals surface area contributed by atoms with Gasteiger partial charge in [0.2, 0.25) is 0 Å². The van der Waals surface area contributed by atoms with Gasteiger partial charge in [-0.1, -0.05) is 13.0 Å². The molecule has 6 heteroatoms. The lowest BCUT2D eigenvalue weighted by atomic mass is 10.1. The summed E-state index contributed by atoms with van der Waals surface area (Å²) in [7, 11) is 0. The largest absolute Gasteiger partial charge is 0.487 e. The molecule has 2 atom stereocenters. The third kappa shape index (κ3) is 4.11. The van der Waals surface area contributed by atoms with E-state index >= 15 is 0 Å². The molecule has 0 amide bonds. The molecule has 21 heavy (non-hydrogen) atoms. The van der Waals surface area contributed by atoms with Gasteiger partial charge in [0, 0.05) is 6.54 Å². The topological polar surface area (TPSA) is 41.5 Å². The third-order valence-corrected chi connectivity index (χ3v) is 3.62. The van der Waals surface area contributed by atoms with Crippen LogP contribution in [0.1, 0.15) is 37.3 Å². The van der Waals surface area contributed by atoms with Crippen molar-refractivity contribution in [1.29, 1.82) is 0 Å². The van der Waals surface area contributed by atoms with Gasteiger partial charge in [-0.2, -0.15) is 13.2 Å². The van der Waals surface area contributed by atoms with Crippen LogP contribution in [0.15, 0.2) is 18.2 Å². The molecule has 0 radical (unpaired) electrons. The van der Waals surface area contributed by atoms with Crippen molar-refractivity contribution >= 4 is 0 Å². The number of hydrogen-bond donors (Lipinski definition) is 2. The Morgan fingerprint density at radius 2 is 2.10 bits per heavy atom. The molecule has 1 aromatic carbocycles.